The third-order valence-corrected chi connectivity index (χ3v) is 2.94. The van der Waals surface area contributed by atoms with Crippen LogP contribution in [0.3, 0.4) is 0 Å². The fourth-order valence-electron chi connectivity index (χ4n) is 1.86. The van der Waals surface area contributed by atoms with Crippen LogP contribution in [0.4, 0.5) is 10.1 Å². The van der Waals surface area contributed by atoms with Gasteiger partial charge in [0.15, 0.2) is 5.78 Å². The Hall–Kier alpha value is -2.87. The number of ether oxygens (including phenoxy) is 1. The number of rotatable bonds is 4. The molecule has 0 heterocycles. The number of carbonyl (C=O) groups excluding carboxylic acids is 1. The van der Waals surface area contributed by atoms with E-state index in [0.717, 1.165) is 0 Å². The summed E-state index contributed by atoms with van der Waals surface area (Å²) in [4.78, 5) is 11.5. The van der Waals surface area contributed by atoms with Crippen LogP contribution in [0, 0.1) is 17.1 Å². The molecular weight excluding hydrogens is 271 g/mol. The van der Waals surface area contributed by atoms with E-state index in [1.54, 1.807) is 12.1 Å². The molecule has 5 heteroatoms. The Morgan fingerprint density at radius 1 is 1.33 bits per heavy atom. The molecule has 0 spiro atoms. The van der Waals surface area contributed by atoms with Crippen LogP contribution in [0.15, 0.2) is 36.4 Å². The average Bonchev–Trinajstić information content (AvgIpc) is 2.47. The van der Waals surface area contributed by atoms with Gasteiger partial charge in [-0.25, -0.2) is 4.39 Å². The number of benzene rings is 2. The van der Waals surface area contributed by atoms with Crippen LogP contribution in [0.5, 0.6) is 5.75 Å². The lowest BCUT2D eigenvalue weighted by atomic mass is 10.1. The monoisotopic (exact) mass is 284 g/mol. The van der Waals surface area contributed by atoms with Gasteiger partial charge < -0.3 is 10.5 Å². The molecule has 2 aromatic carbocycles. The lowest BCUT2D eigenvalue weighted by Gasteiger charge is -2.11. The second-order valence-corrected chi connectivity index (χ2v) is 4.52. The molecule has 0 fully saturated rings. The maximum absolute atomic E-state index is 13.7. The number of Topliss-reactive ketones (excluding diaryl/α,β-unsaturated/α-hetero) is 1. The molecule has 0 aliphatic rings. The third kappa shape index (κ3) is 3.37. The quantitative estimate of drug-likeness (QED) is 0.691. The number of nitrogens with zero attached hydrogens (tertiary/aromatic N) is 1. The molecule has 2 N–H and O–H groups in total. The first-order valence-electron chi connectivity index (χ1n) is 6.23. The zero-order valence-corrected chi connectivity index (χ0v) is 11.4. The molecule has 0 aliphatic carbocycles. The van der Waals surface area contributed by atoms with E-state index in [1.807, 2.05) is 6.07 Å². The topological polar surface area (TPSA) is 76.1 Å². The molecule has 21 heavy (non-hydrogen) atoms. The first-order chi connectivity index (χ1) is 10.0. The van der Waals surface area contributed by atoms with Crippen molar-refractivity contribution in [3.8, 4) is 11.8 Å². The number of hydrogen-bond acceptors (Lipinski definition) is 4. The van der Waals surface area contributed by atoms with Gasteiger partial charge in [0, 0.05) is 11.3 Å². The summed E-state index contributed by atoms with van der Waals surface area (Å²) in [5, 5.41) is 8.81. The van der Waals surface area contributed by atoms with E-state index in [1.165, 1.54) is 31.2 Å². The van der Waals surface area contributed by atoms with Gasteiger partial charge in [0.05, 0.1) is 17.2 Å². The van der Waals surface area contributed by atoms with Crippen molar-refractivity contribution in [2.45, 2.75) is 13.5 Å². The number of halogens is 1. The van der Waals surface area contributed by atoms with Crippen LogP contribution in [-0.4, -0.2) is 5.78 Å². The highest BCUT2D eigenvalue weighted by molar-refractivity contribution is 5.97. The van der Waals surface area contributed by atoms with Crippen molar-refractivity contribution in [3.63, 3.8) is 0 Å². The van der Waals surface area contributed by atoms with Crippen molar-refractivity contribution in [1.29, 1.82) is 5.26 Å². The highest BCUT2D eigenvalue weighted by Gasteiger charge is 2.11. The van der Waals surface area contributed by atoms with Crippen LogP contribution in [0.25, 0.3) is 0 Å². The fourth-order valence-corrected chi connectivity index (χ4v) is 1.86. The number of nitriles is 1. The molecule has 0 unspecified atom stereocenters. The fraction of sp³-hybridized carbons (Fsp3) is 0.125. The molecule has 2 aromatic rings. The van der Waals surface area contributed by atoms with Crippen LogP contribution in [0.1, 0.15) is 28.4 Å². The zero-order valence-electron chi connectivity index (χ0n) is 11.4. The van der Waals surface area contributed by atoms with E-state index < -0.39 is 5.82 Å². The molecular formula is C16H13FN2O2. The second kappa shape index (κ2) is 6.06. The Bertz CT molecular complexity index is 736. The standard InChI is InChI=1S/C16H13FN2O2/c1-10(20)14-7-13(19)3-5-16(14)21-9-12-6-11(8-18)2-4-15(12)17/h2-7H,9,19H2,1H3. The van der Waals surface area contributed by atoms with Crippen LogP contribution in [0.2, 0.25) is 0 Å². The van der Waals surface area contributed by atoms with Gasteiger partial charge in [-0.2, -0.15) is 5.26 Å². The first kappa shape index (κ1) is 14.5. The molecule has 0 atom stereocenters. The van der Waals surface area contributed by atoms with E-state index in [0.29, 0.717) is 22.6 Å². The molecule has 0 saturated heterocycles. The highest BCUT2D eigenvalue weighted by atomic mass is 19.1. The smallest absolute Gasteiger partial charge is 0.163 e. The Morgan fingerprint density at radius 3 is 2.76 bits per heavy atom. The Labute approximate surface area is 121 Å². The van der Waals surface area contributed by atoms with Crippen molar-refractivity contribution < 1.29 is 13.9 Å². The van der Waals surface area contributed by atoms with Crippen molar-refractivity contribution in [2.24, 2.45) is 0 Å². The van der Waals surface area contributed by atoms with Gasteiger partial charge >= 0.3 is 0 Å². The molecule has 0 bridgehead atoms. The molecule has 0 aliphatic heterocycles. The predicted molar refractivity (Wildman–Crippen MR) is 76.3 cm³/mol. The Balaban J connectivity index is 2.25. The van der Waals surface area contributed by atoms with Gasteiger partial charge in [0.2, 0.25) is 0 Å². The van der Waals surface area contributed by atoms with Crippen molar-refractivity contribution in [1.82, 2.24) is 0 Å². The minimum absolute atomic E-state index is 0.0778. The normalized spacial score (nSPS) is 9.95. The van der Waals surface area contributed by atoms with Gasteiger partial charge in [0.1, 0.15) is 18.2 Å². The van der Waals surface area contributed by atoms with Crippen LogP contribution >= 0.6 is 0 Å². The molecule has 106 valence electrons. The summed E-state index contributed by atoms with van der Waals surface area (Å²) in [5.74, 6) is -0.323. The number of anilines is 1. The van der Waals surface area contributed by atoms with E-state index in [9.17, 15) is 9.18 Å². The number of carbonyl (C=O) groups is 1. The van der Waals surface area contributed by atoms with E-state index >= 15 is 0 Å². The van der Waals surface area contributed by atoms with Gasteiger partial charge in [-0.1, -0.05) is 0 Å². The largest absolute Gasteiger partial charge is 0.488 e. The number of ketones is 1. The summed E-state index contributed by atoms with van der Waals surface area (Å²) in [6, 6.07) is 10.6. The van der Waals surface area contributed by atoms with Crippen molar-refractivity contribution in [3.05, 3.63) is 58.9 Å². The maximum Gasteiger partial charge on any atom is 0.163 e. The lowest BCUT2D eigenvalue weighted by molar-refractivity contribution is 0.101. The molecule has 0 radical (unpaired) electrons. The summed E-state index contributed by atoms with van der Waals surface area (Å²) in [6.07, 6.45) is 0. The summed E-state index contributed by atoms with van der Waals surface area (Å²) in [6.45, 7) is 1.32. The number of hydrogen-bond donors (Lipinski definition) is 1. The van der Waals surface area contributed by atoms with Gasteiger partial charge in [-0.05, 0) is 43.3 Å². The summed E-state index contributed by atoms with van der Waals surface area (Å²) in [5.41, 5.74) is 7.02. The van der Waals surface area contributed by atoms with E-state index in [-0.39, 0.29) is 18.0 Å². The predicted octanol–water partition coefficient (Wildman–Crippen LogP) is 3.06. The second-order valence-electron chi connectivity index (χ2n) is 4.52. The van der Waals surface area contributed by atoms with Gasteiger partial charge in [-0.15, -0.1) is 0 Å². The number of nitrogens with two attached hydrogens (primary N) is 1. The van der Waals surface area contributed by atoms with E-state index in [4.69, 9.17) is 15.7 Å². The minimum atomic E-state index is -0.464. The van der Waals surface area contributed by atoms with Crippen molar-refractivity contribution >= 4 is 11.5 Å². The molecule has 0 saturated carbocycles. The SMILES string of the molecule is CC(=O)c1cc(N)ccc1OCc1cc(C#N)ccc1F. The molecule has 0 amide bonds. The Kier molecular flexibility index (Phi) is 4.19. The minimum Gasteiger partial charge on any atom is -0.488 e. The summed E-state index contributed by atoms with van der Waals surface area (Å²) in [7, 11) is 0. The first-order valence-corrected chi connectivity index (χ1v) is 6.23. The van der Waals surface area contributed by atoms with Gasteiger partial charge in [-0.3, -0.25) is 4.79 Å². The lowest BCUT2D eigenvalue weighted by Crippen LogP contribution is -2.04. The van der Waals surface area contributed by atoms with Crippen LogP contribution < -0.4 is 10.5 Å². The van der Waals surface area contributed by atoms with E-state index in [2.05, 4.69) is 0 Å². The Morgan fingerprint density at radius 2 is 2.10 bits per heavy atom. The maximum atomic E-state index is 13.7. The third-order valence-electron chi connectivity index (χ3n) is 2.94. The summed E-state index contributed by atoms with van der Waals surface area (Å²) >= 11 is 0. The molecule has 2 rings (SSSR count). The van der Waals surface area contributed by atoms with Gasteiger partial charge in [0.25, 0.3) is 0 Å². The zero-order chi connectivity index (χ0) is 15.4. The summed E-state index contributed by atoms with van der Waals surface area (Å²) < 4.78 is 19.1. The average molecular weight is 284 g/mol. The highest BCUT2D eigenvalue weighted by Crippen LogP contribution is 2.23. The molecule has 4 nitrogen and oxygen atoms in total. The number of nitrogen functional groups attached to an aromatic ring is 1. The van der Waals surface area contributed by atoms with Crippen molar-refractivity contribution in [2.75, 3.05) is 5.73 Å². The van der Waals surface area contributed by atoms with Crippen LogP contribution in [-0.2, 0) is 6.61 Å². The molecule has 0 aromatic heterocycles.